The first-order chi connectivity index (χ1) is 8.31. The highest BCUT2D eigenvalue weighted by Gasteiger charge is 2.15. The Hall–Kier alpha value is -1.22. The second-order valence-electron chi connectivity index (χ2n) is 4.07. The van der Waals surface area contributed by atoms with Crippen LogP contribution in [0.4, 0.5) is 0 Å². The molecule has 0 aromatic heterocycles. The fourth-order valence-corrected chi connectivity index (χ4v) is 2.02. The Bertz CT molecular complexity index is 406. The number of carbonyl (C=O) groups is 1. The Kier molecular flexibility index (Phi) is 4.26. The maximum absolute atomic E-state index is 11.7. The third-order valence-electron chi connectivity index (χ3n) is 2.78. The molecule has 3 nitrogen and oxygen atoms in total. The van der Waals surface area contributed by atoms with Gasteiger partial charge in [-0.15, -0.1) is 11.6 Å². The van der Waals surface area contributed by atoms with Gasteiger partial charge in [0.15, 0.2) is 0 Å². The van der Waals surface area contributed by atoms with Crippen molar-refractivity contribution < 1.29 is 9.53 Å². The van der Waals surface area contributed by atoms with Crippen LogP contribution in [0.15, 0.2) is 18.2 Å². The van der Waals surface area contributed by atoms with Crippen LogP contribution in [-0.2, 0) is 6.42 Å². The number of fused-ring (bicyclic) bond motifs is 1. The van der Waals surface area contributed by atoms with Gasteiger partial charge in [-0.1, -0.05) is 0 Å². The third-order valence-corrected chi connectivity index (χ3v) is 3.04. The van der Waals surface area contributed by atoms with Crippen LogP contribution in [-0.4, -0.2) is 24.9 Å². The SMILES string of the molecule is O=C1NCCCc2cc(OCCCCl)ccc21. The second-order valence-corrected chi connectivity index (χ2v) is 4.45. The molecule has 0 spiro atoms. The summed E-state index contributed by atoms with van der Waals surface area (Å²) in [6, 6.07) is 5.65. The van der Waals surface area contributed by atoms with Crippen molar-refractivity contribution in [2.75, 3.05) is 19.0 Å². The zero-order chi connectivity index (χ0) is 12.1. The van der Waals surface area contributed by atoms with E-state index >= 15 is 0 Å². The third kappa shape index (κ3) is 3.13. The van der Waals surface area contributed by atoms with Crippen molar-refractivity contribution in [1.82, 2.24) is 5.32 Å². The van der Waals surface area contributed by atoms with Crippen molar-refractivity contribution in [1.29, 1.82) is 0 Å². The summed E-state index contributed by atoms with van der Waals surface area (Å²) in [7, 11) is 0. The number of rotatable bonds is 4. The average molecular weight is 254 g/mol. The van der Waals surface area contributed by atoms with E-state index in [1.807, 2.05) is 18.2 Å². The molecule has 0 atom stereocenters. The van der Waals surface area contributed by atoms with Crippen molar-refractivity contribution in [2.45, 2.75) is 19.3 Å². The minimum Gasteiger partial charge on any atom is -0.494 e. The molecule has 0 radical (unpaired) electrons. The molecule has 1 aromatic rings. The van der Waals surface area contributed by atoms with Crippen molar-refractivity contribution in [2.24, 2.45) is 0 Å². The highest BCUT2D eigenvalue weighted by atomic mass is 35.5. The molecule has 0 unspecified atom stereocenters. The van der Waals surface area contributed by atoms with E-state index in [1.165, 1.54) is 0 Å². The van der Waals surface area contributed by atoms with Crippen molar-refractivity contribution in [3.63, 3.8) is 0 Å². The highest BCUT2D eigenvalue weighted by Crippen LogP contribution is 2.21. The van der Waals surface area contributed by atoms with E-state index < -0.39 is 0 Å². The summed E-state index contributed by atoms with van der Waals surface area (Å²) in [6.45, 7) is 1.37. The van der Waals surface area contributed by atoms with Crippen LogP contribution in [0.1, 0.15) is 28.8 Å². The molecule has 1 heterocycles. The van der Waals surface area contributed by atoms with Gasteiger partial charge in [-0.25, -0.2) is 0 Å². The molecule has 1 amide bonds. The van der Waals surface area contributed by atoms with E-state index in [4.69, 9.17) is 16.3 Å². The predicted octanol–water partition coefficient (Wildman–Crippen LogP) is 2.37. The number of halogens is 1. The normalized spacial score (nSPS) is 14.8. The van der Waals surface area contributed by atoms with Gasteiger partial charge in [-0.2, -0.15) is 0 Å². The molecule has 1 N–H and O–H groups in total. The standard InChI is InChI=1S/C13H16ClNO2/c14-6-2-8-17-11-4-5-12-10(9-11)3-1-7-15-13(12)16/h4-5,9H,1-3,6-8H2,(H,15,16). The summed E-state index contributed by atoms with van der Waals surface area (Å²) < 4.78 is 5.57. The Labute approximate surface area is 106 Å². The minimum atomic E-state index is 0.0183. The molecule has 1 aromatic carbocycles. The summed E-state index contributed by atoms with van der Waals surface area (Å²) in [5, 5.41) is 2.88. The summed E-state index contributed by atoms with van der Waals surface area (Å²) in [6.07, 6.45) is 2.73. The molecule has 0 bridgehead atoms. The molecule has 1 aliphatic heterocycles. The number of amides is 1. The first-order valence-electron chi connectivity index (χ1n) is 5.91. The summed E-state index contributed by atoms with van der Waals surface area (Å²) in [5.41, 5.74) is 1.84. The Morgan fingerprint density at radius 3 is 3.12 bits per heavy atom. The first kappa shape index (κ1) is 12.2. The number of aryl methyl sites for hydroxylation is 1. The highest BCUT2D eigenvalue weighted by molar-refractivity contribution is 6.17. The van der Waals surface area contributed by atoms with Gasteiger partial charge >= 0.3 is 0 Å². The molecule has 0 aliphatic carbocycles. The number of hydrogen-bond donors (Lipinski definition) is 1. The topological polar surface area (TPSA) is 38.3 Å². The lowest BCUT2D eigenvalue weighted by Crippen LogP contribution is -2.22. The number of hydrogen-bond acceptors (Lipinski definition) is 2. The molecule has 4 heteroatoms. The first-order valence-corrected chi connectivity index (χ1v) is 6.44. The number of carbonyl (C=O) groups excluding carboxylic acids is 1. The smallest absolute Gasteiger partial charge is 0.251 e. The van der Waals surface area contributed by atoms with Crippen LogP contribution >= 0.6 is 11.6 Å². The molecule has 0 fully saturated rings. The molecular formula is C13H16ClNO2. The maximum atomic E-state index is 11.7. The van der Waals surface area contributed by atoms with Crippen LogP contribution in [0.3, 0.4) is 0 Å². The van der Waals surface area contributed by atoms with Gasteiger partial charge in [0.05, 0.1) is 6.61 Å². The fourth-order valence-electron chi connectivity index (χ4n) is 1.91. The molecular weight excluding hydrogens is 238 g/mol. The quantitative estimate of drug-likeness (QED) is 0.661. The largest absolute Gasteiger partial charge is 0.494 e. The maximum Gasteiger partial charge on any atom is 0.251 e. The molecule has 92 valence electrons. The summed E-state index contributed by atoms with van der Waals surface area (Å²) in [4.78, 5) is 11.7. The van der Waals surface area contributed by atoms with Crippen molar-refractivity contribution in [3.05, 3.63) is 29.3 Å². The van der Waals surface area contributed by atoms with Crippen LogP contribution in [0.5, 0.6) is 5.75 Å². The monoisotopic (exact) mass is 253 g/mol. The fraction of sp³-hybridized carbons (Fsp3) is 0.462. The molecule has 2 rings (SSSR count). The summed E-state index contributed by atoms with van der Waals surface area (Å²) in [5.74, 6) is 1.45. The van der Waals surface area contributed by atoms with Crippen molar-refractivity contribution >= 4 is 17.5 Å². The lowest BCUT2D eigenvalue weighted by molar-refractivity contribution is 0.0956. The van der Waals surface area contributed by atoms with E-state index in [0.717, 1.165) is 42.7 Å². The van der Waals surface area contributed by atoms with Crippen LogP contribution in [0.2, 0.25) is 0 Å². The van der Waals surface area contributed by atoms with E-state index in [-0.39, 0.29) is 5.91 Å². The summed E-state index contributed by atoms with van der Waals surface area (Å²) >= 11 is 5.59. The van der Waals surface area contributed by atoms with Gasteiger partial charge in [0.25, 0.3) is 5.91 Å². The Morgan fingerprint density at radius 2 is 2.29 bits per heavy atom. The Morgan fingerprint density at radius 1 is 1.41 bits per heavy atom. The average Bonchev–Trinajstić information content (AvgIpc) is 2.52. The number of ether oxygens (including phenoxy) is 1. The lowest BCUT2D eigenvalue weighted by Gasteiger charge is -2.09. The molecule has 0 saturated carbocycles. The predicted molar refractivity (Wildman–Crippen MR) is 67.9 cm³/mol. The zero-order valence-corrected chi connectivity index (χ0v) is 10.4. The van der Waals surface area contributed by atoms with Gasteiger partial charge in [0.2, 0.25) is 0 Å². The van der Waals surface area contributed by atoms with Crippen LogP contribution in [0.25, 0.3) is 0 Å². The van der Waals surface area contributed by atoms with E-state index in [2.05, 4.69) is 5.32 Å². The molecule has 1 aliphatic rings. The van der Waals surface area contributed by atoms with Gasteiger partial charge in [-0.3, -0.25) is 4.79 Å². The lowest BCUT2D eigenvalue weighted by atomic mass is 10.0. The van der Waals surface area contributed by atoms with E-state index in [9.17, 15) is 4.79 Å². The van der Waals surface area contributed by atoms with Gasteiger partial charge in [-0.05, 0) is 43.0 Å². The van der Waals surface area contributed by atoms with Crippen LogP contribution < -0.4 is 10.1 Å². The molecule has 17 heavy (non-hydrogen) atoms. The minimum absolute atomic E-state index is 0.0183. The van der Waals surface area contributed by atoms with Crippen molar-refractivity contribution in [3.8, 4) is 5.75 Å². The number of nitrogens with one attached hydrogen (secondary N) is 1. The van der Waals surface area contributed by atoms with Gasteiger partial charge in [0.1, 0.15) is 5.75 Å². The molecule has 0 saturated heterocycles. The Balaban J connectivity index is 2.12. The van der Waals surface area contributed by atoms with Gasteiger partial charge < -0.3 is 10.1 Å². The van der Waals surface area contributed by atoms with E-state index in [1.54, 1.807) is 0 Å². The van der Waals surface area contributed by atoms with Gasteiger partial charge in [0, 0.05) is 18.0 Å². The second kappa shape index (κ2) is 5.92. The zero-order valence-electron chi connectivity index (χ0n) is 9.67. The number of benzene rings is 1. The van der Waals surface area contributed by atoms with E-state index in [0.29, 0.717) is 12.5 Å². The number of alkyl halides is 1. The van der Waals surface area contributed by atoms with Crippen LogP contribution in [0, 0.1) is 0 Å².